The van der Waals surface area contributed by atoms with Gasteiger partial charge in [0.05, 0.1) is 12.5 Å². The summed E-state index contributed by atoms with van der Waals surface area (Å²) in [7, 11) is 2.18. The van der Waals surface area contributed by atoms with E-state index in [1.54, 1.807) is 6.26 Å². The van der Waals surface area contributed by atoms with Crippen molar-refractivity contribution in [1.82, 2.24) is 10.2 Å². The summed E-state index contributed by atoms with van der Waals surface area (Å²) in [6, 6.07) is 2.04. The Morgan fingerprint density at radius 2 is 2.29 bits per heavy atom. The maximum atomic E-state index is 5.08. The number of hydrogen-bond donors (Lipinski definition) is 1. The highest BCUT2D eigenvalue weighted by Gasteiger charge is 2.13. The smallest absolute Gasteiger partial charge is 0.0947 e. The van der Waals surface area contributed by atoms with Gasteiger partial charge in [0.1, 0.15) is 0 Å². The fourth-order valence-electron chi connectivity index (χ4n) is 2.11. The lowest BCUT2D eigenvalue weighted by Gasteiger charge is -2.23. The van der Waals surface area contributed by atoms with Crippen LogP contribution in [0.4, 0.5) is 0 Å². The van der Waals surface area contributed by atoms with Gasteiger partial charge in [-0.2, -0.15) is 11.8 Å². The van der Waals surface area contributed by atoms with Gasteiger partial charge in [-0.05, 0) is 39.0 Å². The normalized spacial score (nSPS) is 17.8. The zero-order chi connectivity index (χ0) is 11.9. The first kappa shape index (κ1) is 13.0. The average molecular weight is 254 g/mol. The van der Waals surface area contributed by atoms with Crippen molar-refractivity contribution in [2.24, 2.45) is 0 Å². The van der Waals surface area contributed by atoms with E-state index in [1.807, 2.05) is 12.3 Å². The van der Waals surface area contributed by atoms with Crippen LogP contribution in [0, 0.1) is 0 Å². The second-order valence-electron chi connectivity index (χ2n) is 4.69. The highest BCUT2D eigenvalue weighted by Crippen LogP contribution is 2.20. The fraction of sp³-hybridized carbons (Fsp3) is 0.692. The molecule has 0 amide bonds. The molecule has 0 aromatic carbocycles. The number of piperidine rings is 1. The van der Waals surface area contributed by atoms with E-state index >= 15 is 0 Å². The van der Waals surface area contributed by atoms with Crippen molar-refractivity contribution >= 4 is 11.8 Å². The Labute approximate surface area is 108 Å². The summed E-state index contributed by atoms with van der Waals surface area (Å²) < 4.78 is 5.08. The molecule has 0 radical (unpaired) electrons. The molecule has 1 saturated heterocycles. The molecule has 1 aromatic rings. The average Bonchev–Trinajstić information content (AvgIpc) is 2.83. The molecule has 2 rings (SSSR count). The molecule has 0 spiro atoms. The van der Waals surface area contributed by atoms with Crippen molar-refractivity contribution in [1.29, 1.82) is 0 Å². The van der Waals surface area contributed by atoms with Gasteiger partial charge >= 0.3 is 0 Å². The Kier molecular flexibility index (Phi) is 5.42. The Bertz CT molecular complexity index is 296. The first-order valence-electron chi connectivity index (χ1n) is 6.36. The minimum Gasteiger partial charge on any atom is -0.472 e. The van der Waals surface area contributed by atoms with Crippen molar-refractivity contribution in [2.75, 3.05) is 32.4 Å². The quantitative estimate of drug-likeness (QED) is 0.842. The Morgan fingerprint density at radius 1 is 1.47 bits per heavy atom. The van der Waals surface area contributed by atoms with Crippen LogP contribution in [-0.2, 0) is 6.54 Å². The molecule has 96 valence electrons. The van der Waals surface area contributed by atoms with Crippen LogP contribution in [0.15, 0.2) is 23.0 Å². The van der Waals surface area contributed by atoms with E-state index in [0.717, 1.165) is 18.3 Å². The molecule has 1 aromatic heterocycles. The molecule has 1 aliphatic rings. The summed E-state index contributed by atoms with van der Waals surface area (Å²) in [4.78, 5) is 2.36. The molecule has 3 nitrogen and oxygen atoms in total. The number of thioether (sulfide) groups is 1. The molecule has 2 heterocycles. The summed E-state index contributed by atoms with van der Waals surface area (Å²) in [6.45, 7) is 4.54. The van der Waals surface area contributed by atoms with Gasteiger partial charge in [0.2, 0.25) is 0 Å². The first-order valence-corrected chi connectivity index (χ1v) is 7.41. The van der Waals surface area contributed by atoms with Crippen molar-refractivity contribution in [3.63, 3.8) is 0 Å². The maximum Gasteiger partial charge on any atom is 0.0947 e. The molecule has 17 heavy (non-hydrogen) atoms. The van der Waals surface area contributed by atoms with Crippen LogP contribution in [0.1, 0.15) is 18.4 Å². The number of nitrogens with zero attached hydrogens (tertiary/aromatic N) is 1. The van der Waals surface area contributed by atoms with Crippen LogP contribution in [0.3, 0.4) is 0 Å². The van der Waals surface area contributed by atoms with Crippen LogP contribution in [0.25, 0.3) is 0 Å². The third-order valence-corrected chi connectivity index (χ3v) is 4.51. The number of rotatable bonds is 6. The first-order chi connectivity index (χ1) is 8.34. The van der Waals surface area contributed by atoms with E-state index in [1.165, 1.54) is 37.2 Å². The molecule has 0 saturated carbocycles. The molecule has 1 fully saturated rings. The standard InChI is InChI=1S/C13H22N2OS/c1-15(10-12-4-8-16-11-12)7-9-17-13-2-5-14-6-3-13/h4,8,11,13-14H,2-3,5-7,9-10H2,1H3. The van der Waals surface area contributed by atoms with Crippen LogP contribution >= 0.6 is 11.8 Å². The van der Waals surface area contributed by atoms with Crippen LogP contribution in [-0.4, -0.2) is 42.6 Å². The summed E-state index contributed by atoms with van der Waals surface area (Å²) in [5.41, 5.74) is 1.26. The van der Waals surface area contributed by atoms with Gasteiger partial charge in [0.15, 0.2) is 0 Å². The zero-order valence-electron chi connectivity index (χ0n) is 10.5. The van der Waals surface area contributed by atoms with E-state index in [9.17, 15) is 0 Å². The molecule has 0 atom stereocenters. The fourth-order valence-corrected chi connectivity index (χ4v) is 3.43. The summed E-state index contributed by atoms with van der Waals surface area (Å²) in [5, 5.41) is 4.28. The van der Waals surface area contributed by atoms with Crippen molar-refractivity contribution in [2.45, 2.75) is 24.6 Å². The third kappa shape index (κ3) is 4.74. The Hall–Kier alpha value is -0.450. The molecular weight excluding hydrogens is 232 g/mol. The minimum atomic E-state index is 0.874. The third-order valence-electron chi connectivity index (χ3n) is 3.15. The van der Waals surface area contributed by atoms with E-state index in [0.29, 0.717) is 0 Å². The molecule has 0 aliphatic carbocycles. The second kappa shape index (κ2) is 7.09. The van der Waals surface area contributed by atoms with Crippen LogP contribution in [0.2, 0.25) is 0 Å². The molecular formula is C13H22N2OS. The second-order valence-corrected chi connectivity index (χ2v) is 6.10. The molecule has 1 N–H and O–H groups in total. The minimum absolute atomic E-state index is 0.874. The SMILES string of the molecule is CN(CCSC1CCNCC1)Cc1ccoc1. The number of hydrogen-bond acceptors (Lipinski definition) is 4. The van der Waals surface area contributed by atoms with Gasteiger partial charge < -0.3 is 14.6 Å². The van der Waals surface area contributed by atoms with Crippen LogP contribution in [0.5, 0.6) is 0 Å². The molecule has 1 aliphatic heterocycles. The lowest BCUT2D eigenvalue weighted by molar-refractivity contribution is 0.347. The molecule has 0 unspecified atom stereocenters. The van der Waals surface area contributed by atoms with Gasteiger partial charge in [-0.15, -0.1) is 0 Å². The largest absolute Gasteiger partial charge is 0.472 e. The van der Waals surface area contributed by atoms with E-state index < -0.39 is 0 Å². The molecule has 0 bridgehead atoms. The van der Waals surface area contributed by atoms with Gasteiger partial charge in [0, 0.05) is 29.7 Å². The van der Waals surface area contributed by atoms with Gasteiger partial charge in [-0.3, -0.25) is 0 Å². The lowest BCUT2D eigenvalue weighted by Crippen LogP contribution is -2.30. The van der Waals surface area contributed by atoms with Gasteiger partial charge in [0.25, 0.3) is 0 Å². The summed E-state index contributed by atoms with van der Waals surface area (Å²) in [6.07, 6.45) is 6.23. The number of furan rings is 1. The van der Waals surface area contributed by atoms with Crippen molar-refractivity contribution in [3.05, 3.63) is 24.2 Å². The highest BCUT2D eigenvalue weighted by atomic mass is 32.2. The Morgan fingerprint density at radius 3 is 3.00 bits per heavy atom. The van der Waals surface area contributed by atoms with Gasteiger partial charge in [-0.25, -0.2) is 0 Å². The van der Waals surface area contributed by atoms with E-state index in [2.05, 4.69) is 29.0 Å². The monoisotopic (exact) mass is 254 g/mol. The van der Waals surface area contributed by atoms with E-state index in [4.69, 9.17) is 4.42 Å². The molecule has 4 heteroatoms. The summed E-state index contributed by atoms with van der Waals surface area (Å²) >= 11 is 2.13. The summed E-state index contributed by atoms with van der Waals surface area (Å²) in [5.74, 6) is 1.24. The predicted octanol–water partition coefficient (Wildman–Crippen LogP) is 2.20. The van der Waals surface area contributed by atoms with E-state index in [-0.39, 0.29) is 0 Å². The van der Waals surface area contributed by atoms with Gasteiger partial charge in [-0.1, -0.05) is 0 Å². The predicted molar refractivity (Wildman–Crippen MR) is 73.4 cm³/mol. The maximum absolute atomic E-state index is 5.08. The lowest BCUT2D eigenvalue weighted by atomic mass is 10.2. The van der Waals surface area contributed by atoms with Crippen LogP contribution < -0.4 is 5.32 Å². The van der Waals surface area contributed by atoms with Crippen molar-refractivity contribution < 1.29 is 4.42 Å². The van der Waals surface area contributed by atoms with Crippen molar-refractivity contribution in [3.8, 4) is 0 Å². The highest BCUT2D eigenvalue weighted by molar-refractivity contribution is 7.99. The Balaban J connectivity index is 1.58. The number of nitrogens with one attached hydrogen (secondary N) is 1. The topological polar surface area (TPSA) is 28.4 Å². The zero-order valence-corrected chi connectivity index (χ0v) is 11.3.